The van der Waals surface area contributed by atoms with E-state index in [1.807, 2.05) is 0 Å². The summed E-state index contributed by atoms with van der Waals surface area (Å²) in [4.78, 5) is 24.4. The van der Waals surface area contributed by atoms with E-state index in [2.05, 4.69) is 10.4 Å². The zero-order valence-electron chi connectivity index (χ0n) is 16.0. The molecule has 0 bridgehead atoms. The molecule has 0 spiro atoms. The second kappa shape index (κ2) is 9.01. The number of benzene rings is 2. The highest BCUT2D eigenvalue weighted by atomic mass is 19.1. The van der Waals surface area contributed by atoms with Gasteiger partial charge >= 0.3 is 0 Å². The molecule has 1 N–H and O–H groups in total. The summed E-state index contributed by atoms with van der Waals surface area (Å²) >= 11 is 0. The number of hydrogen-bond donors (Lipinski definition) is 1. The maximum Gasteiger partial charge on any atom is 0.267 e. The van der Waals surface area contributed by atoms with Crippen LogP contribution >= 0.6 is 0 Å². The fraction of sp³-hybridized carbons (Fsp3) is 0.190. The van der Waals surface area contributed by atoms with Gasteiger partial charge in [0.2, 0.25) is 5.91 Å². The average Bonchev–Trinajstić information content (AvgIpc) is 2.74. The van der Waals surface area contributed by atoms with Gasteiger partial charge in [0, 0.05) is 18.2 Å². The predicted molar refractivity (Wildman–Crippen MR) is 105 cm³/mol. The van der Waals surface area contributed by atoms with Gasteiger partial charge in [0.25, 0.3) is 5.56 Å². The molecule has 0 radical (unpaired) electrons. The predicted octanol–water partition coefficient (Wildman–Crippen LogP) is 2.38. The maximum atomic E-state index is 12.9. The van der Waals surface area contributed by atoms with Crippen molar-refractivity contribution in [3.63, 3.8) is 0 Å². The van der Waals surface area contributed by atoms with E-state index in [4.69, 9.17) is 9.47 Å². The molecule has 0 saturated heterocycles. The molecule has 150 valence electrons. The zero-order valence-corrected chi connectivity index (χ0v) is 16.0. The second-order valence-electron chi connectivity index (χ2n) is 6.18. The topological polar surface area (TPSA) is 82.5 Å². The van der Waals surface area contributed by atoms with Crippen LogP contribution < -0.4 is 20.3 Å². The average molecular weight is 397 g/mol. The number of methoxy groups -OCH3 is 2. The lowest BCUT2D eigenvalue weighted by Gasteiger charge is -2.12. The Morgan fingerprint density at radius 3 is 2.52 bits per heavy atom. The van der Waals surface area contributed by atoms with Crippen LogP contribution in [-0.2, 0) is 17.9 Å². The van der Waals surface area contributed by atoms with Crippen molar-refractivity contribution in [1.82, 2.24) is 15.1 Å². The summed E-state index contributed by atoms with van der Waals surface area (Å²) in [6, 6.07) is 13.9. The van der Waals surface area contributed by atoms with Crippen LogP contribution in [0, 0.1) is 5.82 Å². The molecule has 0 saturated carbocycles. The van der Waals surface area contributed by atoms with Crippen LogP contribution in [0.5, 0.6) is 11.5 Å². The highest BCUT2D eigenvalue weighted by Crippen LogP contribution is 2.31. The zero-order chi connectivity index (χ0) is 20.8. The summed E-state index contributed by atoms with van der Waals surface area (Å²) in [5.41, 5.74) is 1.43. The van der Waals surface area contributed by atoms with Gasteiger partial charge in [-0.1, -0.05) is 12.1 Å². The third-order valence-corrected chi connectivity index (χ3v) is 4.25. The van der Waals surface area contributed by atoms with Gasteiger partial charge in [-0.05, 0) is 42.0 Å². The molecule has 0 atom stereocenters. The molecule has 2 aromatic carbocycles. The first-order valence-corrected chi connectivity index (χ1v) is 8.82. The normalized spacial score (nSPS) is 10.4. The van der Waals surface area contributed by atoms with Crippen molar-refractivity contribution in [2.24, 2.45) is 0 Å². The molecular weight excluding hydrogens is 377 g/mol. The Labute approximate surface area is 166 Å². The fourth-order valence-electron chi connectivity index (χ4n) is 2.71. The van der Waals surface area contributed by atoms with Gasteiger partial charge in [-0.15, -0.1) is 0 Å². The van der Waals surface area contributed by atoms with E-state index in [-0.39, 0.29) is 18.9 Å². The SMILES string of the molecule is COc1ccc(OC)c(-c2ccc(=O)n(CC(=O)NCc3ccc(F)cc3)n2)c1. The van der Waals surface area contributed by atoms with Gasteiger partial charge in [-0.2, -0.15) is 5.10 Å². The van der Waals surface area contributed by atoms with Gasteiger partial charge in [0.1, 0.15) is 23.9 Å². The van der Waals surface area contributed by atoms with Crippen LogP contribution in [0.4, 0.5) is 4.39 Å². The first-order valence-electron chi connectivity index (χ1n) is 8.82. The van der Waals surface area contributed by atoms with E-state index in [1.54, 1.807) is 43.5 Å². The summed E-state index contributed by atoms with van der Waals surface area (Å²) in [7, 11) is 3.08. The molecule has 1 amide bonds. The van der Waals surface area contributed by atoms with Crippen molar-refractivity contribution in [3.8, 4) is 22.8 Å². The molecule has 8 heteroatoms. The quantitative estimate of drug-likeness (QED) is 0.662. The van der Waals surface area contributed by atoms with Crippen molar-refractivity contribution in [2.75, 3.05) is 14.2 Å². The van der Waals surface area contributed by atoms with Crippen molar-refractivity contribution < 1.29 is 18.7 Å². The number of carbonyl (C=O) groups is 1. The van der Waals surface area contributed by atoms with Gasteiger partial charge in [0.05, 0.1) is 19.9 Å². The molecule has 1 heterocycles. The number of rotatable bonds is 7. The number of nitrogens with one attached hydrogen (secondary N) is 1. The number of nitrogens with zero attached hydrogens (tertiary/aromatic N) is 2. The van der Waals surface area contributed by atoms with Crippen LogP contribution in [0.3, 0.4) is 0 Å². The lowest BCUT2D eigenvalue weighted by Crippen LogP contribution is -2.33. The highest BCUT2D eigenvalue weighted by molar-refractivity contribution is 5.75. The fourth-order valence-corrected chi connectivity index (χ4v) is 2.71. The monoisotopic (exact) mass is 397 g/mol. The van der Waals surface area contributed by atoms with E-state index < -0.39 is 11.5 Å². The first-order chi connectivity index (χ1) is 14.0. The van der Waals surface area contributed by atoms with Crippen molar-refractivity contribution >= 4 is 5.91 Å². The molecule has 1 aromatic heterocycles. The second-order valence-corrected chi connectivity index (χ2v) is 6.18. The number of ether oxygens (including phenoxy) is 2. The molecular formula is C21H20FN3O4. The standard InChI is InChI=1S/C21H20FN3O4/c1-28-16-7-9-19(29-2)17(11-16)18-8-10-21(27)25(24-18)13-20(26)23-12-14-3-5-15(22)6-4-14/h3-11H,12-13H2,1-2H3,(H,23,26). The molecule has 3 aromatic rings. The molecule has 0 fully saturated rings. The summed E-state index contributed by atoms with van der Waals surface area (Å²) < 4.78 is 24.6. The van der Waals surface area contributed by atoms with E-state index in [0.717, 1.165) is 10.2 Å². The van der Waals surface area contributed by atoms with Crippen molar-refractivity contribution in [3.05, 3.63) is 76.3 Å². The summed E-state index contributed by atoms with van der Waals surface area (Å²) in [6.07, 6.45) is 0. The number of halogens is 1. The van der Waals surface area contributed by atoms with Crippen molar-refractivity contribution in [1.29, 1.82) is 0 Å². The van der Waals surface area contributed by atoms with Gasteiger partial charge in [-0.25, -0.2) is 9.07 Å². The van der Waals surface area contributed by atoms with E-state index in [0.29, 0.717) is 22.8 Å². The number of aromatic nitrogens is 2. The van der Waals surface area contributed by atoms with Crippen LogP contribution in [0.1, 0.15) is 5.56 Å². The molecule has 0 unspecified atom stereocenters. The minimum absolute atomic E-state index is 0.220. The summed E-state index contributed by atoms with van der Waals surface area (Å²) in [5, 5.41) is 6.98. The van der Waals surface area contributed by atoms with Crippen LogP contribution in [0.25, 0.3) is 11.3 Å². The largest absolute Gasteiger partial charge is 0.497 e. The number of amides is 1. The summed E-state index contributed by atoms with van der Waals surface area (Å²) in [6.45, 7) is -0.0303. The number of hydrogen-bond acceptors (Lipinski definition) is 5. The molecule has 0 aliphatic rings. The van der Waals surface area contributed by atoms with Gasteiger partial charge in [-0.3, -0.25) is 9.59 Å². The third-order valence-electron chi connectivity index (χ3n) is 4.25. The molecule has 3 rings (SSSR count). The van der Waals surface area contributed by atoms with E-state index in [1.165, 1.54) is 25.3 Å². The van der Waals surface area contributed by atoms with Gasteiger partial charge in [0.15, 0.2) is 0 Å². The summed E-state index contributed by atoms with van der Waals surface area (Å²) in [5.74, 6) is 0.431. The van der Waals surface area contributed by atoms with E-state index in [9.17, 15) is 14.0 Å². The first kappa shape index (κ1) is 20.1. The molecule has 0 aliphatic heterocycles. The van der Waals surface area contributed by atoms with E-state index >= 15 is 0 Å². The number of carbonyl (C=O) groups excluding carboxylic acids is 1. The van der Waals surface area contributed by atoms with Crippen molar-refractivity contribution in [2.45, 2.75) is 13.1 Å². The Hall–Kier alpha value is -3.68. The lowest BCUT2D eigenvalue weighted by molar-refractivity contribution is -0.122. The Bertz CT molecular complexity index is 1060. The maximum absolute atomic E-state index is 12.9. The Kier molecular flexibility index (Phi) is 6.23. The van der Waals surface area contributed by atoms with Gasteiger partial charge < -0.3 is 14.8 Å². The molecule has 29 heavy (non-hydrogen) atoms. The Morgan fingerprint density at radius 1 is 1.07 bits per heavy atom. The minimum Gasteiger partial charge on any atom is -0.497 e. The van der Waals surface area contributed by atoms with Crippen LogP contribution in [0.2, 0.25) is 0 Å². The lowest BCUT2D eigenvalue weighted by atomic mass is 10.1. The Balaban J connectivity index is 1.78. The molecule has 0 aliphatic carbocycles. The van der Waals surface area contributed by atoms with Crippen LogP contribution in [-0.4, -0.2) is 29.9 Å². The smallest absolute Gasteiger partial charge is 0.267 e. The minimum atomic E-state index is -0.410. The third kappa shape index (κ3) is 4.98. The Morgan fingerprint density at radius 2 is 1.83 bits per heavy atom. The highest BCUT2D eigenvalue weighted by Gasteiger charge is 2.12. The van der Waals surface area contributed by atoms with Crippen LogP contribution in [0.15, 0.2) is 59.4 Å². The molecule has 7 nitrogen and oxygen atoms in total.